The van der Waals surface area contributed by atoms with Gasteiger partial charge >= 0.3 is 0 Å². The second-order valence-corrected chi connectivity index (χ2v) is 7.01. The van der Waals surface area contributed by atoms with Crippen LogP contribution in [-0.2, 0) is 11.3 Å². The minimum Gasteiger partial charge on any atom is -0.497 e. The molecular formula is C24H25N3O2. The topological polar surface area (TPSA) is 56.6 Å². The Morgan fingerprint density at radius 1 is 1.03 bits per heavy atom. The molecule has 1 amide bonds. The minimum absolute atomic E-state index is 0.0144. The molecule has 0 bridgehead atoms. The van der Waals surface area contributed by atoms with Gasteiger partial charge in [0.1, 0.15) is 5.75 Å². The Bertz CT molecular complexity index is 1010. The molecule has 0 saturated carbocycles. The predicted octanol–water partition coefficient (Wildman–Crippen LogP) is 4.23. The van der Waals surface area contributed by atoms with E-state index in [4.69, 9.17) is 10.00 Å². The normalized spacial score (nSPS) is 10.7. The Kier molecular flexibility index (Phi) is 6.83. The highest BCUT2D eigenvalue weighted by molar-refractivity contribution is 5.94. The highest BCUT2D eigenvalue weighted by atomic mass is 16.5. The van der Waals surface area contributed by atoms with Crippen LogP contribution in [0.25, 0.3) is 10.8 Å². The molecule has 0 unspecified atom stereocenters. The third-order valence-electron chi connectivity index (χ3n) is 4.79. The maximum Gasteiger partial charge on any atom is 0.241 e. The average Bonchev–Trinajstić information content (AvgIpc) is 2.74. The summed E-state index contributed by atoms with van der Waals surface area (Å²) in [7, 11) is 3.60. The van der Waals surface area contributed by atoms with Gasteiger partial charge in [0.2, 0.25) is 5.91 Å². The van der Waals surface area contributed by atoms with E-state index in [1.165, 1.54) is 0 Å². The molecule has 0 aromatic heterocycles. The number of methoxy groups -OCH3 is 1. The maximum absolute atomic E-state index is 12.9. The van der Waals surface area contributed by atoms with Gasteiger partial charge < -0.3 is 9.64 Å². The zero-order chi connectivity index (χ0) is 20.6. The van der Waals surface area contributed by atoms with Crippen LogP contribution in [0, 0.1) is 11.3 Å². The summed E-state index contributed by atoms with van der Waals surface area (Å²) in [6, 6.07) is 23.9. The van der Waals surface area contributed by atoms with Gasteiger partial charge in [-0.3, -0.25) is 9.69 Å². The Morgan fingerprint density at radius 2 is 1.76 bits per heavy atom. The maximum atomic E-state index is 12.9. The summed E-state index contributed by atoms with van der Waals surface area (Å²) in [6.45, 7) is 1.33. The molecule has 0 atom stereocenters. The molecule has 0 spiro atoms. The quantitative estimate of drug-likeness (QED) is 0.580. The second kappa shape index (κ2) is 9.72. The molecule has 0 fully saturated rings. The first-order chi connectivity index (χ1) is 14.1. The molecule has 3 aromatic rings. The van der Waals surface area contributed by atoms with E-state index in [9.17, 15) is 4.79 Å². The van der Waals surface area contributed by atoms with E-state index >= 15 is 0 Å². The number of nitriles is 1. The van der Waals surface area contributed by atoms with E-state index in [1.54, 1.807) is 12.0 Å². The van der Waals surface area contributed by atoms with E-state index < -0.39 is 0 Å². The van der Waals surface area contributed by atoms with Crippen LogP contribution in [0.3, 0.4) is 0 Å². The van der Waals surface area contributed by atoms with Crippen molar-refractivity contribution in [3.63, 3.8) is 0 Å². The van der Waals surface area contributed by atoms with Crippen LogP contribution in [0.1, 0.15) is 12.0 Å². The summed E-state index contributed by atoms with van der Waals surface area (Å²) in [5.41, 5.74) is 1.96. The van der Waals surface area contributed by atoms with Crippen LogP contribution < -0.4 is 9.64 Å². The van der Waals surface area contributed by atoms with E-state index in [0.29, 0.717) is 19.5 Å². The van der Waals surface area contributed by atoms with Gasteiger partial charge in [0, 0.05) is 18.8 Å². The number of amides is 1. The van der Waals surface area contributed by atoms with Crippen LogP contribution in [-0.4, -0.2) is 38.1 Å². The highest BCUT2D eigenvalue weighted by Crippen LogP contribution is 2.22. The first kappa shape index (κ1) is 20.4. The lowest BCUT2D eigenvalue weighted by molar-refractivity contribution is -0.119. The van der Waals surface area contributed by atoms with Crippen molar-refractivity contribution in [2.75, 3.05) is 32.1 Å². The van der Waals surface area contributed by atoms with E-state index in [1.807, 2.05) is 60.5 Å². The Morgan fingerprint density at radius 3 is 2.48 bits per heavy atom. The van der Waals surface area contributed by atoms with Crippen LogP contribution in [0.4, 0.5) is 5.69 Å². The van der Waals surface area contributed by atoms with Crippen LogP contribution in [0.2, 0.25) is 0 Å². The van der Waals surface area contributed by atoms with Gasteiger partial charge in [-0.25, -0.2) is 0 Å². The number of para-hydroxylation sites is 1. The summed E-state index contributed by atoms with van der Waals surface area (Å²) in [4.78, 5) is 16.6. The van der Waals surface area contributed by atoms with Crippen LogP contribution >= 0.6 is 0 Å². The zero-order valence-electron chi connectivity index (χ0n) is 16.8. The molecule has 148 valence electrons. The minimum atomic E-state index is -0.0144. The second-order valence-electron chi connectivity index (χ2n) is 7.01. The number of ether oxygens (including phenoxy) is 1. The van der Waals surface area contributed by atoms with Crippen molar-refractivity contribution in [3.05, 3.63) is 72.3 Å². The van der Waals surface area contributed by atoms with Gasteiger partial charge in [0.25, 0.3) is 0 Å². The lowest BCUT2D eigenvalue weighted by Crippen LogP contribution is -2.39. The monoisotopic (exact) mass is 387 g/mol. The number of likely N-dealkylation sites (N-methyl/N-ethyl adjacent to an activating group) is 1. The SMILES string of the molecule is COc1ccc2cc(CN(C)CC(=O)N(CCC#N)c3ccccc3)ccc2c1. The van der Waals surface area contributed by atoms with E-state index in [0.717, 1.165) is 27.8 Å². The summed E-state index contributed by atoms with van der Waals surface area (Å²) in [5.74, 6) is 0.825. The van der Waals surface area contributed by atoms with Gasteiger partial charge in [-0.15, -0.1) is 0 Å². The number of carbonyl (C=O) groups excluding carboxylic acids is 1. The number of hydrogen-bond acceptors (Lipinski definition) is 4. The van der Waals surface area contributed by atoms with Crippen molar-refractivity contribution in [2.24, 2.45) is 0 Å². The van der Waals surface area contributed by atoms with Crippen molar-refractivity contribution in [1.29, 1.82) is 5.26 Å². The fourth-order valence-electron chi connectivity index (χ4n) is 3.35. The zero-order valence-corrected chi connectivity index (χ0v) is 16.8. The van der Waals surface area contributed by atoms with Gasteiger partial charge in [0.15, 0.2) is 0 Å². The highest BCUT2D eigenvalue weighted by Gasteiger charge is 2.17. The molecule has 5 nitrogen and oxygen atoms in total. The van der Waals surface area contributed by atoms with Gasteiger partial charge in [-0.2, -0.15) is 5.26 Å². The smallest absolute Gasteiger partial charge is 0.241 e. The molecular weight excluding hydrogens is 362 g/mol. The van der Waals surface area contributed by atoms with Gasteiger partial charge in [-0.05, 0) is 53.7 Å². The Labute approximate surface area is 171 Å². The third-order valence-corrected chi connectivity index (χ3v) is 4.79. The van der Waals surface area contributed by atoms with Gasteiger partial charge in [-0.1, -0.05) is 36.4 Å². The molecule has 0 aliphatic rings. The molecule has 3 aromatic carbocycles. The number of anilines is 1. The number of carbonyl (C=O) groups is 1. The standard InChI is InChI=1S/C24H25N3O2/c1-26(17-19-9-10-21-16-23(29-2)12-11-20(21)15-19)18-24(28)27(14-6-13-25)22-7-4-3-5-8-22/h3-5,7-12,15-16H,6,14,17-18H2,1-2H3. The summed E-state index contributed by atoms with van der Waals surface area (Å²) in [6.07, 6.45) is 0.304. The van der Waals surface area contributed by atoms with Crippen molar-refractivity contribution in [2.45, 2.75) is 13.0 Å². The third kappa shape index (κ3) is 5.34. The predicted molar refractivity (Wildman–Crippen MR) is 116 cm³/mol. The van der Waals surface area contributed by atoms with Crippen molar-refractivity contribution >= 4 is 22.4 Å². The fraction of sp³-hybridized carbons (Fsp3) is 0.250. The lowest BCUT2D eigenvalue weighted by atomic mass is 10.1. The van der Waals surface area contributed by atoms with Crippen molar-refractivity contribution in [3.8, 4) is 11.8 Å². The Balaban J connectivity index is 1.68. The Hall–Kier alpha value is -3.36. The number of rotatable bonds is 8. The first-order valence-corrected chi connectivity index (χ1v) is 9.58. The van der Waals surface area contributed by atoms with Crippen LogP contribution in [0.15, 0.2) is 66.7 Å². The molecule has 5 heteroatoms. The number of nitrogens with zero attached hydrogens (tertiary/aromatic N) is 3. The molecule has 0 aliphatic carbocycles. The fourth-order valence-corrected chi connectivity index (χ4v) is 3.35. The molecule has 3 rings (SSSR count). The summed E-state index contributed by atoms with van der Waals surface area (Å²) >= 11 is 0. The molecule has 29 heavy (non-hydrogen) atoms. The summed E-state index contributed by atoms with van der Waals surface area (Å²) < 4.78 is 5.28. The van der Waals surface area contributed by atoms with E-state index in [2.05, 4.69) is 24.3 Å². The molecule has 0 aliphatic heterocycles. The molecule has 0 saturated heterocycles. The molecule has 0 radical (unpaired) electrons. The largest absolute Gasteiger partial charge is 0.497 e. The van der Waals surface area contributed by atoms with Crippen molar-refractivity contribution < 1.29 is 9.53 Å². The number of hydrogen-bond donors (Lipinski definition) is 0. The first-order valence-electron chi connectivity index (χ1n) is 9.58. The number of benzene rings is 3. The molecule has 0 N–H and O–H groups in total. The molecule has 0 heterocycles. The van der Waals surface area contributed by atoms with E-state index in [-0.39, 0.29) is 12.5 Å². The summed E-state index contributed by atoms with van der Waals surface area (Å²) in [5, 5.41) is 11.2. The average molecular weight is 387 g/mol. The van der Waals surface area contributed by atoms with Crippen molar-refractivity contribution in [1.82, 2.24) is 4.90 Å². The van der Waals surface area contributed by atoms with Gasteiger partial charge in [0.05, 0.1) is 26.1 Å². The van der Waals surface area contributed by atoms with Crippen LogP contribution in [0.5, 0.6) is 5.75 Å². The number of fused-ring (bicyclic) bond motifs is 1. The lowest BCUT2D eigenvalue weighted by Gasteiger charge is -2.25.